The van der Waals surface area contributed by atoms with Gasteiger partial charge in [-0.15, -0.1) is 5.10 Å². The van der Waals surface area contributed by atoms with Gasteiger partial charge in [-0.1, -0.05) is 48.0 Å². The molecule has 2 aromatic heterocycles. The molecule has 0 radical (unpaired) electrons. The van der Waals surface area contributed by atoms with Crippen molar-refractivity contribution in [3.8, 4) is 5.82 Å². The molecule has 0 unspecified atom stereocenters. The third-order valence-electron chi connectivity index (χ3n) is 5.12. The topological polar surface area (TPSA) is 140 Å². The van der Waals surface area contributed by atoms with Gasteiger partial charge in [0.25, 0.3) is 5.91 Å². The highest BCUT2D eigenvalue weighted by Gasteiger charge is 2.26. The number of rotatable bonds is 7. The van der Waals surface area contributed by atoms with Crippen LogP contribution in [0.2, 0.25) is 0 Å². The number of piperidine rings is 1. The zero-order chi connectivity index (χ0) is 22.3. The number of carbonyl (C=O) groups is 1. The van der Waals surface area contributed by atoms with E-state index in [4.69, 9.17) is 10.4 Å². The summed E-state index contributed by atoms with van der Waals surface area (Å²) in [7, 11) is 0. The summed E-state index contributed by atoms with van der Waals surface area (Å²) >= 11 is 0. The summed E-state index contributed by atoms with van der Waals surface area (Å²) in [5.74, 6) is -0.197. The van der Waals surface area contributed by atoms with Gasteiger partial charge in [-0.2, -0.15) is 9.78 Å². The fourth-order valence-corrected chi connectivity index (χ4v) is 3.55. The van der Waals surface area contributed by atoms with E-state index in [0.717, 1.165) is 37.1 Å². The number of carbonyl (C=O) groups excluding carboxylic acids is 1. The van der Waals surface area contributed by atoms with Crippen molar-refractivity contribution in [3.05, 3.63) is 52.9 Å². The van der Waals surface area contributed by atoms with Crippen molar-refractivity contribution in [2.45, 2.75) is 32.7 Å². The van der Waals surface area contributed by atoms with E-state index in [-0.39, 0.29) is 17.3 Å². The van der Waals surface area contributed by atoms with Crippen LogP contribution >= 0.6 is 0 Å². The molecule has 1 aliphatic heterocycles. The maximum absolute atomic E-state index is 12.8. The van der Waals surface area contributed by atoms with Crippen molar-refractivity contribution in [2.24, 2.45) is 5.10 Å². The predicted octanol–water partition coefficient (Wildman–Crippen LogP) is 2.04. The van der Waals surface area contributed by atoms with Gasteiger partial charge >= 0.3 is 0 Å². The third-order valence-corrected chi connectivity index (χ3v) is 5.12. The van der Waals surface area contributed by atoms with Crippen molar-refractivity contribution in [3.63, 3.8) is 0 Å². The second-order valence-electron chi connectivity index (χ2n) is 7.60. The van der Waals surface area contributed by atoms with Gasteiger partial charge in [-0.05, 0) is 54.3 Å². The summed E-state index contributed by atoms with van der Waals surface area (Å²) in [6.45, 7) is 4.24. The Morgan fingerprint density at radius 2 is 2.00 bits per heavy atom. The maximum Gasteiger partial charge on any atom is 0.293 e. The highest BCUT2D eigenvalue weighted by Crippen LogP contribution is 2.19. The van der Waals surface area contributed by atoms with Crippen molar-refractivity contribution >= 4 is 24.0 Å². The quantitative estimate of drug-likeness (QED) is 0.424. The van der Waals surface area contributed by atoms with E-state index in [1.165, 1.54) is 11.1 Å². The lowest BCUT2D eigenvalue weighted by molar-refractivity contribution is 0.0947. The molecule has 3 N–H and O–H groups in total. The number of allylic oxidation sites excluding steroid dienone is 1. The van der Waals surface area contributed by atoms with Crippen molar-refractivity contribution in [1.29, 1.82) is 0 Å². The number of hydrogen-bond acceptors (Lipinski definition) is 9. The number of benzene rings is 1. The normalized spacial score (nSPS) is 15.3. The molecule has 11 heteroatoms. The summed E-state index contributed by atoms with van der Waals surface area (Å²) in [5, 5.41) is 19.6. The van der Waals surface area contributed by atoms with E-state index in [1.54, 1.807) is 6.21 Å². The van der Waals surface area contributed by atoms with Crippen LogP contribution in [0.3, 0.4) is 0 Å². The first-order valence-electron chi connectivity index (χ1n) is 10.4. The Bertz CT molecular complexity index is 1110. The Kier molecular flexibility index (Phi) is 6.66. The molecule has 1 saturated heterocycles. The van der Waals surface area contributed by atoms with Crippen molar-refractivity contribution in [1.82, 2.24) is 35.6 Å². The molecule has 1 aromatic carbocycles. The predicted molar refractivity (Wildman–Crippen MR) is 119 cm³/mol. The average molecular weight is 435 g/mol. The van der Waals surface area contributed by atoms with E-state index >= 15 is 0 Å². The summed E-state index contributed by atoms with van der Waals surface area (Å²) in [4.78, 5) is 15.1. The number of likely N-dealkylation sites (tertiary alicyclic amines) is 1. The highest BCUT2D eigenvalue weighted by atomic mass is 16.6. The third kappa shape index (κ3) is 5.06. The number of nitrogen functional groups attached to an aromatic ring is 1. The second-order valence-corrected chi connectivity index (χ2v) is 7.60. The van der Waals surface area contributed by atoms with Gasteiger partial charge in [0.1, 0.15) is 0 Å². The zero-order valence-electron chi connectivity index (χ0n) is 17.8. The first kappa shape index (κ1) is 21.4. The van der Waals surface area contributed by atoms with Crippen LogP contribution in [0.5, 0.6) is 0 Å². The SMILES string of the molecule is CC(/C=N\NC(=O)c1nnn(-c2nonc2N)c1CN1CCCCC1)=C\c1ccccc1. The largest absolute Gasteiger partial charge is 0.378 e. The number of amides is 1. The standard InChI is InChI=1S/C21H25N9O2/c1-15(12-16-8-4-2-5-9-16)13-23-25-21(31)18-17(14-29-10-6-3-7-11-29)30(28-24-18)20-19(22)26-32-27-20/h2,4-5,8-9,12-13H,3,6-7,10-11,14H2,1H3,(H2,22,26)(H,25,31)/b15-12+,23-13-. The number of hydrazone groups is 1. The van der Waals surface area contributed by atoms with Crippen LogP contribution in [0, 0.1) is 0 Å². The molecular weight excluding hydrogens is 410 g/mol. The van der Waals surface area contributed by atoms with Crippen molar-refractivity contribution in [2.75, 3.05) is 18.8 Å². The molecule has 3 aromatic rings. The molecule has 0 spiro atoms. The van der Waals surface area contributed by atoms with Crippen LogP contribution in [0.25, 0.3) is 11.9 Å². The first-order chi connectivity index (χ1) is 15.6. The molecule has 3 heterocycles. The lowest BCUT2D eigenvalue weighted by Gasteiger charge is -2.26. The van der Waals surface area contributed by atoms with Gasteiger partial charge in [-0.3, -0.25) is 9.69 Å². The minimum absolute atomic E-state index is 0.0708. The fraction of sp³-hybridized carbons (Fsp3) is 0.333. The lowest BCUT2D eigenvalue weighted by atomic mass is 10.1. The molecule has 166 valence electrons. The van der Waals surface area contributed by atoms with E-state index in [9.17, 15) is 4.79 Å². The van der Waals surface area contributed by atoms with Gasteiger partial charge in [0, 0.05) is 6.54 Å². The zero-order valence-corrected chi connectivity index (χ0v) is 17.8. The first-order valence-corrected chi connectivity index (χ1v) is 10.4. The second kappa shape index (κ2) is 9.96. The van der Waals surface area contributed by atoms with Crippen LogP contribution in [0.4, 0.5) is 5.82 Å². The van der Waals surface area contributed by atoms with E-state index in [1.807, 2.05) is 43.3 Å². The summed E-state index contributed by atoms with van der Waals surface area (Å²) in [6.07, 6.45) is 6.96. The van der Waals surface area contributed by atoms with Crippen LogP contribution < -0.4 is 11.2 Å². The van der Waals surface area contributed by atoms with Gasteiger partial charge < -0.3 is 5.73 Å². The Morgan fingerprint density at radius 3 is 2.72 bits per heavy atom. The monoisotopic (exact) mass is 435 g/mol. The van der Waals surface area contributed by atoms with Gasteiger partial charge in [0.2, 0.25) is 11.6 Å². The van der Waals surface area contributed by atoms with Crippen molar-refractivity contribution < 1.29 is 9.42 Å². The summed E-state index contributed by atoms with van der Waals surface area (Å²) < 4.78 is 6.10. The van der Waals surface area contributed by atoms with Gasteiger partial charge in [0.05, 0.1) is 11.9 Å². The summed E-state index contributed by atoms with van der Waals surface area (Å²) in [6, 6.07) is 9.86. The van der Waals surface area contributed by atoms with E-state index < -0.39 is 5.91 Å². The molecule has 0 aliphatic carbocycles. The maximum atomic E-state index is 12.8. The number of nitrogens with zero attached hydrogens (tertiary/aromatic N) is 7. The molecule has 11 nitrogen and oxygen atoms in total. The minimum Gasteiger partial charge on any atom is -0.378 e. The molecular formula is C21H25N9O2. The number of anilines is 1. The van der Waals surface area contributed by atoms with Crippen LogP contribution in [0.1, 0.15) is 47.9 Å². The van der Waals surface area contributed by atoms with Crippen LogP contribution in [-0.4, -0.2) is 55.4 Å². The van der Waals surface area contributed by atoms with E-state index in [2.05, 4.69) is 36.1 Å². The number of nitrogens with one attached hydrogen (secondary N) is 1. The molecule has 0 saturated carbocycles. The lowest BCUT2D eigenvalue weighted by Crippen LogP contribution is -2.31. The molecule has 4 rings (SSSR count). The fourth-order valence-electron chi connectivity index (χ4n) is 3.55. The highest BCUT2D eigenvalue weighted by molar-refractivity contribution is 5.94. The average Bonchev–Trinajstić information content (AvgIpc) is 3.40. The molecule has 1 aliphatic rings. The Labute approximate surface area is 184 Å². The number of hydrogen-bond donors (Lipinski definition) is 2. The van der Waals surface area contributed by atoms with Gasteiger partial charge in [0.15, 0.2) is 5.69 Å². The molecule has 32 heavy (non-hydrogen) atoms. The van der Waals surface area contributed by atoms with Crippen LogP contribution in [-0.2, 0) is 6.54 Å². The smallest absolute Gasteiger partial charge is 0.293 e. The molecule has 0 atom stereocenters. The molecule has 1 fully saturated rings. The number of nitrogens with two attached hydrogens (primary N) is 1. The molecule has 0 bridgehead atoms. The minimum atomic E-state index is -0.470. The Balaban J connectivity index is 1.52. The summed E-state index contributed by atoms with van der Waals surface area (Å²) in [5.41, 5.74) is 11.0. The van der Waals surface area contributed by atoms with Crippen LogP contribution in [0.15, 0.2) is 45.6 Å². The molecule has 1 amide bonds. The van der Waals surface area contributed by atoms with Gasteiger partial charge in [-0.25, -0.2) is 10.1 Å². The Hall–Kier alpha value is -3.86. The van der Waals surface area contributed by atoms with E-state index in [0.29, 0.717) is 12.2 Å². The Morgan fingerprint density at radius 1 is 1.22 bits per heavy atom. The number of aromatic nitrogens is 5.